The number of aromatic carboxylic acids is 1. The Balaban J connectivity index is 2.43. The number of sulfone groups is 1. The molecule has 0 spiro atoms. The normalized spacial score (nSPS) is 23.0. The van der Waals surface area contributed by atoms with Gasteiger partial charge in [0.05, 0.1) is 15.7 Å². The maximum Gasteiger partial charge on any atom is 0.338 e. The molecule has 1 aliphatic carbocycles. The summed E-state index contributed by atoms with van der Waals surface area (Å²) in [7, 11) is -3.63. The van der Waals surface area contributed by atoms with Crippen LogP contribution in [0.5, 0.6) is 0 Å². The van der Waals surface area contributed by atoms with Crippen molar-refractivity contribution in [2.75, 3.05) is 0 Å². The summed E-state index contributed by atoms with van der Waals surface area (Å²) in [6.45, 7) is 1.96. The molecule has 1 aliphatic rings. The first kappa shape index (κ1) is 15.9. The van der Waals surface area contributed by atoms with Crippen molar-refractivity contribution in [2.24, 2.45) is 5.92 Å². The number of hydrogen-bond acceptors (Lipinski definition) is 3. The van der Waals surface area contributed by atoms with Crippen LogP contribution in [0.2, 0.25) is 0 Å². The molecule has 2 unspecified atom stereocenters. The molecule has 1 saturated carbocycles. The van der Waals surface area contributed by atoms with Crippen LogP contribution in [0.15, 0.2) is 23.1 Å². The minimum atomic E-state index is -3.63. The standard InChI is InChI=1S/C15H19FO4S/c1-2-10-5-3-4-6-14(10)21(19,20)11-7-8-13(16)12(9-11)15(17)18/h7-10,14H,2-6H2,1H3,(H,17,18). The van der Waals surface area contributed by atoms with Crippen LogP contribution in [0.1, 0.15) is 49.4 Å². The van der Waals surface area contributed by atoms with Gasteiger partial charge < -0.3 is 5.11 Å². The Morgan fingerprint density at radius 3 is 2.62 bits per heavy atom. The molecule has 21 heavy (non-hydrogen) atoms. The van der Waals surface area contributed by atoms with Crippen LogP contribution in [0.25, 0.3) is 0 Å². The summed E-state index contributed by atoms with van der Waals surface area (Å²) in [5.41, 5.74) is -0.597. The minimum absolute atomic E-state index is 0.0853. The van der Waals surface area contributed by atoms with E-state index in [1.807, 2.05) is 6.92 Å². The fraction of sp³-hybridized carbons (Fsp3) is 0.533. The molecule has 0 amide bonds. The summed E-state index contributed by atoms with van der Waals surface area (Å²) in [5.74, 6) is -2.29. The Morgan fingerprint density at radius 1 is 1.33 bits per heavy atom. The Kier molecular flexibility index (Phi) is 4.66. The van der Waals surface area contributed by atoms with Gasteiger partial charge in [-0.05, 0) is 37.0 Å². The van der Waals surface area contributed by atoms with E-state index in [0.717, 1.165) is 37.8 Å². The zero-order valence-electron chi connectivity index (χ0n) is 11.9. The highest BCUT2D eigenvalue weighted by molar-refractivity contribution is 7.92. The molecule has 0 bridgehead atoms. The van der Waals surface area contributed by atoms with Crippen LogP contribution in [0.3, 0.4) is 0 Å². The highest BCUT2D eigenvalue weighted by Gasteiger charge is 2.36. The Hall–Kier alpha value is -1.43. The summed E-state index contributed by atoms with van der Waals surface area (Å²) in [6, 6.07) is 3.02. The number of rotatable bonds is 4. The molecule has 0 aliphatic heterocycles. The molecule has 1 aromatic rings. The molecule has 0 saturated heterocycles. The van der Waals surface area contributed by atoms with Crippen LogP contribution >= 0.6 is 0 Å². The fourth-order valence-corrected chi connectivity index (χ4v) is 5.27. The molecule has 1 N–H and O–H groups in total. The topological polar surface area (TPSA) is 71.4 Å². The average molecular weight is 314 g/mol. The zero-order chi connectivity index (χ0) is 15.6. The van der Waals surface area contributed by atoms with Crippen molar-refractivity contribution >= 4 is 15.8 Å². The minimum Gasteiger partial charge on any atom is -0.478 e. The van der Waals surface area contributed by atoms with Crippen LogP contribution in [0, 0.1) is 11.7 Å². The Morgan fingerprint density at radius 2 is 2.00 bits per heavy atom. The molecule has 6 heteroatoms. The molecule has 0 heterocycles. The number of carboxylic acids is 1. The maximum absolute atomic E-state index is 13.4. The predicted molar refractivity (Wildman–Crippen MR) is 76.6 cm³/mol. The summed E-state index contributed by atoms with van der Waals surface area (Å²) in [4.78, 5) is 10.9. The van der Waals surface area contributed by atoms with Crippen LogP contribution in [-0.2, 0) is 9.84 Å². The Labute approximate surface area is 123 Å². The first-order valence-corrected chi connectivity index (χ1v) is 8.69. The third kappa shape index (κ3) is 3.10. The van der Waals surface area contributed by atoms with Crippen molar-refractivity contribution < 1.29 is 22.7 Å². The third-order valence-corrected chi connectivity index (χ3v) is 6.59. The summed E-state index contributed by atoms with van der Waals surface area (Å²) >= 11 is 0. The molecule has 116 valence electrons. The van der Waals surface area contributed by atoms with Crippen molar-refractivity contribution in [3.8, 4) is 0 Å². The SMILES string of the molecule is CCC1CCCCC1S(=O)(=O)c1ccc(F)c(C(=O)O)c1. The Bertz CT molecular complexity index is 639. The molecular weight excluding hydrogens is 295 g/mol. The van der Waals surface area contributed by atoms with E-state index in [1.165, 1.54) is 6.07 Å². The molecule has 2 rings (SSSR count). The smallest absolute Gasteiger partial charge is 0.338 e. The molecule has 2 atom stereocenters. The predicted octanol–water partition coefficient (Wildman–Crippen LogP) is 3.27. The van der Waals surface area contributed by atoms with E-state index in [0.29, 0.717) is 6.42 Å². The number of halogens is 1. The van der Waals surface area contributed by atoms with Crippen molar-refractivity contribution in [3.63, 3.8) is 0 Å². The average Bonchev–Trinajstić information content (AvgIpc) is 2.47. The van der Waals surface area contributed by atoms with Crippen molar-refractivity contribution in [3.05, 3.63) is 29.6 Å². The summed E-state index contributed by atoms with van der Waals surface area (Å²) < 4.78 is 38.9. The number of benzene rings is 1. The van der Waals surface area contributed by atoms with Crippen molar-refractivity contribution in [1.82, 2.24) is 0 Å². The van der Waals surface area contributed by atoms with Gasteiger partial charge in [-0.25, -0.2) is 17.6 Å². The largest absolute Gasteiger partial charge is 0.478 e. The van der Waals surface area contributed by atoms with E-state index < -0.39 is 32.4 Å². The van der Waals surface area contributed by atoms with Gasteiger partial charge in [-0.1, -0.05) is 26.2 Å². The second-order valence-corrected chi connectivity index (χ2v) is 7.65. The summed E-state index contributed by atoms with van der Waals surface area (Å²) in [6.07, 6.45) is 4.10. The first-order valence-electron chi connectivity index (χ1n) is 7.14. The van der Waals surface area contributed by atoms with Crippen LogP contribution in [0.4, 0.5) is 4.39 Å². The van der Waals surface area contributed by atoms with Gasteiger partial charge in [0.25, 0.3) is 0 Å². The monoisotopic (exact) mass is 314 g/mol. The second kappa shape index (κ2) is 6.13. The summed E-state index contributed by atoms with van der Waals surface area (Å²) in [5, 5.41) is 8.43. The van der Waals surface area contributed by atoms with E-state index in [-0.39, 0.29) is 10.8 Å². The molecule has 4 nitrogen and oxygen atoms in total. The van der Waals surface area contributed by atoms with E-state index in [2.05, 4.69) is 0 Å². The van der Waals surface area contributed by atoms with Crippen LogP contribution in [-0.4, -0.2) is 24.7 Å². The number of hydrogen-bond donors (Lipinski definition) is 1. The molecule has 1 fully saturated rings. The quantitative estimate of drug-likeness (QED) is 0.866. The van der Waals surface area contributed by atoms with Gasteiger partial charge in [0, 0.05) is 0 Å². The fourth-order valence-electron chi connectivity index (χ4n) is 3.07. The van der Waals surface area contributed by atoms with Crippen molar-refractivity contribution in [2.45, 2.75) is 49.2 Å². The molecule has 1 aromatic carbocycles. The lowest BCUT2D eigenvalue weighted by Crippen LogP contribution is -2.32. The van der Waals surface area contributed by atoms with Gasteiger partial charge in [-0.2, -0.15) is 0 Å². The van der Waals surface area contributed by atoms with Gasteiger partial charge in [0.1, 0.15) is 5.82 Å². The van der Waals surface area contributed by atoms with E-state index in [1.54, 1.807) is 0 Å². The maximum atomic E-state index is 13.4. The van der Waals surface area contributed by atoms with Gasteiger partial charge in [0.2, 0.25) is 0 Å². The van der Waals surface area contributed by atoms with E-state index >= 15 is 0 Å². The molecular formula is C15H19FO4S. The van der Waals surface area contributed by atoms with Gasteiger partial charge in [0.15, 0.2) is 9.84 Å². The highest BCUT2D eigenvalue weighted by Crippen LogP contribution is 2.35. The van der Waals surface area contributed by atoms with Crippen molar-refractivity contribution in [1.29, 1.82) is 0 Å². The zero-order valence-corrected chi connectivity index (χ0v) is 12.7. The third-order valence-electron chi connectivity index (χ3n) is 4.26. The van der Waals surface area contributed by atoms with Gasteiger partial charge in [-0.15, -0.1) is 0 Å². The molecule has 0 radical (unpaired) electrons. The lowest BCUT2D eigenvalue weighted by atomic mass is 9.87. The number of carboxylic acid groups (broad SMARTS) is 1. The van der Waals surface area contributed by atoms with Gasteiger partial charge >= 0.3 is 5.97 Å². The lowest BCUT2D eigenvalue weighted by molar-refractivity contribution is 0.0691. The highest BCUT2D eigenvalue weighted by atomic mass is 32.2. The van der Waals surface area contributed by atoms with Crippen LogP contribution < -0.4 is 0 Å². The number of carbonyl (C=O) groups is 1. The lowest BCUT2D eigenvalue weighted by Gasteiger charge is -2.30. The second-order valence-electron chi connectivity index (χ2n) is 5.48. The first-order chi connectivity index (χ1) is 9.87. The van der Waals surface area contributed by atoms with E-state index in [4.69, 9.17) is 5.11 Å². The van der Waals surface area contributed by atoms with Gasteiger partial charge in [-0.3, -0.25) is 0 Å². The van der Waals surface area contributed by atoms with E-state index in [9.17, 15) is 17.6 Å². The molecule has 0 aromatic heterocycles.